The maximum Gasteiger partial charge on any atom is 0.239 e. The summed E-state index contributed by atoms with van der Waals surface area (Å²) >= 11 is 0. The highest BCUT2D eigenvalue weighted by molar-refractivity contribution is 5.80. The van der Waals surface area contributed by atoms with Crippen molar-refractivity contribution in [2.75, 3.05) is 11.9 Å². The number of hydrogen-bond acceptors (Lipinski definition) is 3. The van der Waals surface area contributed by atoms with Gasteiger partial charge in [-0.15, -0.1) is 0 Å². The SMILES string of the molecule is O=C(CNc1ccc(F)c(F)c1F)NCc1ccco1. The van der Waals surface area contributed by atoms with E-state index in [-0.39, 0.29) is 18.8 Å². The zero-order chi connectivity index (χ0) is 14.5. The van der Waals surface area contributed by atoms with Crippen LogP contribution in [0.25, 0.3) is 0 Å². The van der Waals surface area contributed by atoms with Crippen molar-refractivity contribution < 1.29 is 22.4 Å². The smallest absolute Gasteiger partial charge is 0.239 e. The summed E-state index contributed by atoms with van der Waals surface area (Å²) in [6.07, 6.45) is 1.47. The molecule has 20 heavy (non-hydrogen) atoms. The summed E-state index contributed by atoms with van der Waals surface area (Å²) in [6.45, 7) is -0.0868. The molecule has 0 aliphatic rings. The highest BCUT2D eigenvalue weighted by Crippen LogP contribution is 2.19. The fraction of sp³-hybridized carbons (Fsp3) is 0.154. The van der Waals surface area contributed by atoms with Crippen LogP contribution in [0.1, 0.15) is 5.76 Å². The third-order valence-corrected chi connectivity index (χ3v) is 2.51. The van der Waals surface area contributed by atoms with Crippen LogP contribution < -0.4 is 10.6 Å². The molecule has 2 aromatic rings. The van der Waals surface area contributed by atoms with E-state index in [1.807, 2.05) is 0 Å². The summed E-state index contributed by atoms with van der Waals surface area (Å²) in [6, 6.07) is 5.16. The normalized spacial score (nSPS) is 10.3. The standard InChI is InChI=1S/C13H11F3N2O2/c14-9-3-4-10(13(16)12(9)15)17-7-11(19)18-6-8-2-1-5-20-8/h1-5,17H,6-7H2,(H,18,19). The third kappa shape index (κ3) is 3.31. The summed E-state index contributed by atoms with van der Waals surface area (Å²) in [5.74, 6) is -4.09. The molecule has 1 heterocycles. The number of nitrogens with one attached hydrogen (secondary N) is 2. The maximum atomic E-state index is 13.3. The average molecular weight is 284 g/mol. The summed E-state index contributed by atoms with van der Waals surface area (Å²) in [5.41, 5.74) is -0.281. The van der Waals surface area contributed by atoms with Crippen LogP contribution in [0.5, 0.6) is 0 Å². The topological polar surface area (TPSA) is 54.3 Å². The first-order valence-electron chi connectivity index (χ1n) is 5.74. The Kier molecular flexibility index (Phi) is 4.29. The predicted molar refractivity (Wildman–Crippen MR) is 65.4 cm³/mol. The van der Waals surface area contributed by atoms with Crippen LogP contribution in [0.15, 0.2) is 34.9 Å². The summed E-state index contributed by atoms with van der Waals surface area (Å²) in [4.78, 5) is 11.5. The van der Waals surface area contributed by atoms with Gasteiger partial charge in [0.05, 0.1) is 25.0 Å². The Morgan fingerprint density at radius 2 is 1.95 bits per heavy atom. The molecule has 1 aromatic heterocycles. The highest BCUT2D eigenvalue weighted by Gasteiger charge is 2.13. The molecule has 1 aromatic carbocycles. The number of halogens is 3. The van der Waals surface area contributed by atoms with Gasteiger partial charge in [0.25, 0.3) is 0 Å². The fourth-order valence-electron chi connectivity index (χ4n) is 1.50. The largest absolute Gasteiger partial charge is 0.467 e. The van der Waals surface area contributed by atoms with E-state index >= 15 is 0 Å². The number of carbonyl (C=O) groups excluding carboxylic acids is 1. The molecule has 0 radical (unpaired) electrons. The third-order valence-electron chi connectivity index (χ3n) is 2.51. The first-order chi connectivity index (χ1) is 9.58. The quantitative estimate of drug-likeness (QED) is 0.829. The van der Waals surface area contributed by atoms with Crippen molar-refractivity contribution in [1.29, 1.82) is 0 Å². The van der Waals surface area contributed by atoms with Crippen LogP contribution in [0, 0.1) is 17.5 Å². The molecule has 106 valence electrons. The van der Waals surface area contributed by atoms with Gasteiger partial charge in [-0.05, 0) is 24.3 Å². The van der Waals surface area contributed by atoms with Crippen molar-refractivity contribution in [2.24, 2.45) is 0 Å². The van der Waals surface area contributed by atoms with Crippen LogP contribution in [-0.4, -0.2) is 12.5 Å². The monoisotopic (exact) mass is 284 g/mol. The van der Waals surface area contributed by atoms with Gasteiger partial charge in [-0.25, -0.2) is 13.2 Å². The van der Waals surface area contributed by atoms with Gasteiger partial charge in [0.15, 0.2) is 17.5 Å². The van der Waals surface area contributed by atoms with Crippen molar-refractivity contribution in [3.05, 3.63) is 53.7 Å². The zero-order valence-electron chi connectivity index (χ0n) is 10.3. The van der Waals surface area contributed by atoms with Crippen LogP contribution in [-0.2, 0) is 11.3 Å². The molecular weight excluding hydrogens is 273 g/mol. The molecule has 0 unspecified atom stereocenters. The van der Waals surface area contributed by atoms with Gasteiger partial charge in [0, 0.05) is 0 Å². The van der Waals surface area contributed by atoms with Crippen LogP contribution in [0.3, 0.4) is 0 Å². The lowest BCUT2D eigenvalue weighted by atomic mass is 10.3. The second-order valence-electron chi connectivity index (χ2n) is 3.93. The lowest BCUT2D eigenvalue weighted by molar-refractivity contribution is -0.119. The van der Waals surface area contributed by atoms with E-state index < -0.39 is 23.4 Å². The van der Waals surface area contributed by atoms with Crippen molar-refractivity contribution in [3.63, 3.8) is 0 Å². The first-order valence-corrected chi connectivity index (χ1v) is 5.74. The molecule has 1 amide bonds. The lowest BCUT2D eigenvalue weighted by Gasteiger charge is -2.08. The van der Waals surface area contributed by atoms with Gasteiger partial charge < -0.3 is 15.1 Å². The summed E-state index contributed by atoms with van der Waals surface area (Å²) < 4.78 is 44.0. The molecule has 0 spiro atoms. The van der Waals surface area contributed by atoms with Crippen molar-refractivity contribution in [1.82, 2.24) is 5.32 Å². The minimum atomic E-state index is -1.58. The Hall–Kier alpha value is -2.44. The maximum absolute atomic E-state index is 13.3. The number of anilines is 1. The Labute approximate surface area is 112 Å². The van der Waals surface area contributed by atoms with Gasteiger partial charge in [-0.1, -0.05) is 0 Å². The van der Waals surface area contributed by atoms with E-state index in [1.165, 1.54) is 6.26 Å². The van der Waals surface area contributed by atoms with Crippen LogP contribution in [0.2, 0.25) is 0 Å². The Bertz CT molecular complexity index is 600. The molecule has 0 fully saturated rings. The van der Waals surface area contributed by atoms with Crippen LogP contribution in [0.4, 0.5) is 18.9 Å². The number of rotatable bonds is 5. The van der Waals surface area contributed by atoms with E-state index in [4.69, 9.17) is 4.42 Å². The van der Waals surface area contributed by atoms with Crippen molar-refractivity contribution in [2.45, 2.75) is 6.54 Å². The van der Waals surface area contributed by atoms with Crippen molar-refractivity contribution in [3.8, 4) is 0 Å². The first kappa shape index (κ1) is 14.0. The molecule has 2 rings (SSSR count). The number of furan rings is 1. The molecule has 0 saturated carbocycles. The highest BCUT2D eigenvalue weighted by atomic mass is 19.2. The molecule has 0 aliphatic carbocycles. The van der Waals surface area contributed by atoms with Gasteiger partial charge in [0.1, 0.15) is 5.76 Å². The molecule has 7 heteroatoms. The Balaban J connectivity index is 1.86. The van der Waals surface area contributed by atoms with Gasteiger partial charge in [0.2, 0.25) is 5.91 Å². The molecule has 0 aliphatic heterocycles. The van der Waals surface area contributed by atoms with Crippen LogP contribution >= 0.6 is 0 Å². The van der Waals surface area contributed by atoms with E-state index in [1.54, 1.807) is 12.1 Å². The minimum absolute atomic E-state index is 0.188. The van der Waals surface area contributed by atoms with Gasteiger partial charge in [-0.3, -0.25) is 4.79 Å². The molecule has 0 atom stereocenters. The number of carbonyl (C=O) groups is 1. The lowest BCUT2D eigenvalue weighted by Crippen LogP contribution is -2.29. The Morgan fingerprint density at radius 3 is 2.65 bits per heavy atom. The van der Waals surface area contributed by atoms with E-state index in [2.05, 4.69) is 10.6 Å². The number of benzene rings is 1. The second kappa shape index (κ2) is 6.14. The number of amides is 1. The van der Waals surface area contributed by atoms with Crippen molar-refractivity contribution >= 4 is 11.6 Å². The molecule has 0 bridgehead atoms. The average Bonchev–Trinajstić information content (AvgIpc) is 2.95. The zero-order valence-corrected chi connectivity index (χ0v) is 10.3. The second-order valence-corrected chi connectivity index (χ2v) is 3.93. The van der Waals surface area contributed by atoms with E-state index in [9.17, 15) is 18.0 Å². The minimum Gasteiger partial charge on any atom is -0.467 e. The summed E-state index contributed by atoms with van der Waals surface area (Å²) in [5, 5.41) is 4.90. The molecular formula is C13H11F3N2O2. The van der Waals surface area contributed by atoms with Gasteiger partial charge >= 0.3 is 0 Å². The molecule has 4 nitrogen and oxygen atoms in total. The molecule has 2 N–H and O–H groups in total. The van der Waals surface area contributed by atoms with E-state index in [0.717, 1.165) is 12.1 Å². The predicted octanol–water partition coefficient (Wildman–Crippen LogP) is 2.43. The van der Waals surface area contributed by atoms with Gasteiger partial charge in [-0.2, -0.15) is 0 Å². The molecule has 0 saturated heterocycles. The number of hydrogen-bond donors (Lipinski definition) is 2. The Morgan fingerprint density at radius 1 is 1.15 bits per heavy atom. The van der Waals surface area contributed by atoms with E-state index in [0.29, 0.717) is 5.76 Å². The summed E-state index contributed by atoms with van der Waals surface area (Å²) in [7, 11) is 0. The fourth-order valence-corrected chi connectivity index (χ4v) is 1.50.